The number of likely N-dealkylation sites (tertiary alicyclic amines) is 1. The lowest BCUT2D eigenvalue weighted by Gasteiger charge is -2.37. The first-order valence-corrected chi connectivity index (χ1v) is 10.6. The van der Waals surface area contributed by atoms with Gasteiger partial charge in [-0.25, -0.2) is 15.0 Å². The van der Waals surface area contributed by atoms with Crippen LogP contribution in [-0.2, 0) is 4.79 Å². The van der Waals surface area contributed by atoms with E-state index in [1.807, 2.05) is 23.6 Å². The maximum Gasteiger partial charge on any atom is 0.239 e. The summed E-state index contributed by atoms with van der Waals surface area (Å²) in [5.74, 6) is 0.860. The van der Waals surface area contributed by atoms with Gasteiger partial charge in [0.2, 0.25) is 5.91 Å². The fourth-order valence-electron chi connectivity index (χ4n) is 3.65. The Labute approximate surface area is 174 Å². The van der Waals surface area contributed by atoms with E-state index in [2.05, 4.69) is 44.0 Å². The van der Waals surface area contributed by atoms with Crippen molar-refractivity contribution in [2.24, 2.45) is 5.41 Å². The molecule has 3 aromatic rings. The summed E-state index contributed by atoms with van der Waals surface area (Å²) in [5, 5.41) is 5.62. The molecule has 0 saturated carbocycles. The van der Waals surface area contributed by atoms with Crippen LogP contribution in [0.3, 0.4) is 0 Å². The van der Waals surface area contributed by atoms with Crippen molar-refractivity contribution in [3.05, 3.63) is 42.0 Å². The van der Waals surface area contributed by atoms with Crippen molar-refractivity contribution in [3.8, 4) is 22.2 Å². The van der Waals surface area contributed by atoms with Crippen molar-refractivity contribution in [3.63, 3.8) is 0 Å². The lowest BCUT2D eigenvalue weighted by atomic mass is 9.84. The van der Waals surface area contributed by atoms with Crippen LogP contribution < -0.4 is 5.32 Å². The largest absolute Gasteiger partial charge is 0.309 e. The molecule has 3 aromatic heterocycles. The fourth-order valence-corrected chi connectivity index (χ4v) is 4.24. The number of nitrogens with zero attached hydrogens (tertiary/aromatic N) is 5. The normalized spacial score (nSPS) is 16.5. The van der Waals surface area contributed by atoms with Crippen molar-refractivity contribution in [1.29, 1.82) is 0 Å². The van der Waals surface area contributed by atoms with Gasteiger partial charge >= 0.3 is 0 Å². The average molecular weight is 409 g/mol. The Bertz CT molecular complexity index is 974. The Hall–Kier alpha value is -2.71. The van der Waals surface area contributed by atoms with Crippen molar-refractivity contribution in [1.82, 2.24) is 24.8 Å². The molecule has 0 unspecified atom stereocenters. The van der Waals surface area contributed by atoms with Crippen LogP contribution in [0.5, 0.6) is 0 Å². The quantitative estimate of drug-likeness (QED) is 0.693. The van der Waals surface area contributed by atoms with Crippen LogP contribution in [0.1, 0.15) is 26.7 Å². The highest BCUT2D eigenvalue weighted by atomic mass is 32.1. The van der Waals surface area contributed by atoms with Gasteiger partial charge in [-0.05, 0) is 36.9 Å². The number of nitrogens with one attached hydrogen (secondary N) is 1. The minimum absolute atomic E-state index is 0.0709. The molecule has 1 aliphatic heterocycles. The Morgan fingerprint density at radius 2 is 2.10 bits per heavy atom. The van der Waals surface area contributed by atoms with Crippen LogP contribution in [0.4, 0.5) is 5.82 Å². The van der Waals surface area contributed by atoms with Gasteiger partial charge in [0.25, 0.3) is 0 Å². The summed E-state index contributed by atoms with van der Waals surface area (Å²) >= 11 is 1.49. The number of amides is 1. The molecule has 1 aliphatic rings. The minimum atomic E-state index is -0.0709. The molecule has 1 N–H and O–H groups in total. The standard InChI is InChI=1S/C21H24N6OS/c1-21(2)7-5-10-27(14-21)13-18(28)25-17-12-16(20-23-9-11-29-20)24-19(26-17)15-6-3-4-8-22-15/h3-4,6,8-9,11-12H,5,7,10,13-14H2,1-2H3,(H,24,25,26,28). The Morgan fingerprint density at radius 1 is 1.21 bits per heavy atom. The molecule has 1 saturated heterocycles. The lowest BCUT2D eigenvalue weighted by molar-refractivity contribution is -0.118. The maximum absolute atomic E-state index is 12.7. The van der Waals surface area contributed by atoms with E-state index in [4.69, 9.17) is 0 Å². The summed E-state index contributed by atoms with van der Waals surface area (Å²) in [4.78, 5) is 32.7. The molecule has 7 nitrogen and oxygen atoms in total. The zero-order valence-corrected chi connectivity index (χ0v) is 17.4. The molecule has 0 spiro atoms. The van der Waals surface area contributed by atoms with Crippen molar-refractivity contribution >= 4 is 23.1 Å². The van der Waals surface area contributed by atoms with E-state index in [0.29, 0.717) is 29.6 Å². The van der Waals surface area contributed by atoms with Gasteiger partial charge < -0.3 is 5.32 Å². The first-order chi connectivity index (χ1) is 14.0. The smallest absolute Gasteiger partial charge is 0.239 e. The Balaban J connectivity index is 1.56. The van der Waals surface area contributed by atoms with E-state index in [0.717, 1.165) is 24.5 Å². The van der Waals surface area contributed by atoms with Crippen LogP contribution in [0, 0.1) is 5.41 Å². The molecule has 150 valence electrons. The molecule has 4 heterocycles. The van der Waals surface area contributed by atoms with E-state index in [1.54, 1.807) is 18.5 Å². The van der Waals surface area contributed by atoms with Crippen LogP contribution >= 0.6 is 11.3 Å². The van der Waals surface area contributed by atoms with E-state index in [-0.39, 0.29) is 11.3 Å². The number of rotatable bonds is 5. The molecule has 29 heavy (non-hydrogen) atoms. The zero-order valence-electron chi connectivity index (χ0n) is 16.6. The maximum atomic E-state index is 12.7. The van der Waals surface area contributed by atoms with E-state index >= 15 is 0 Å². The predicted octanol–water partition coefficient (Wildman–Crippen LogP) is 3.72. The van der Waals surface area contributed by atoms with Gasteiger partial charge in [-0.3, -0.25) is 14.7 Å². The number of carbonyl (C=O) groups is 1. The number of anilines is 1. The summed E-state index contributed by atoms with van der Waals surface area (Å²) in [6.45, 7) is 6.73. The Kier molecular flexibility index (Phi) is 5.64. The minimum Gasteiger partial charge on any atom is -0.309 e. The molecule has 0 aromatic carbocycles. The molecule has 0 bridgehead atoms. The first kappa shape index (κ1) is 19.6. The summed E-state index contributed by atoms with van der Waals surface area (Å²) in [6.07, 6.45) is 5.75. The SMILES string of the molecule is CC1(C)CCCN(CC(=O)Nc2cc(-c3nccs3)nc(-c3ccccn3)n2)C1. The molecule has 0 atom stereocenters. The van der Waals surface area contributed by atoms with E-state index < -0.39 is 0 Å². The van der Waals surface area contributed by atoms with Crippen LogP contribution in [0.15, 0.2) is 42.0 Å². The monoisotopic (exact) mass is 408 g/mol. The van der Waals surface area contributed by atoms with Crippen molar-refractivity contribution < 1.29 is 4.79 Å². The third kappa shape index (κ3) is 5.02. The lowest BCUT2D eigenvalue weighted by Crippen LogP contribution is -2.43. The number of pyridine rings is 1. The Morgan fingerprint density at radius 3 is 2.83 bits per heavy atom. The number of hydrogen-bond donors (Lipinski definition) is 1. The molecular weight excluding hydrogens is 384 g/mol. The highest BCUT2D eigenvalue weighted by molar-refractivity contribution is 7.13. The average Bonchev–Trinajstić information content (AvgIpc) is 3.22. The highest BCUT2D eigenvalue weighted by Crippen LogP contribution is 2.28. The number of carbonyl (C=O) groups excluding carboxylic acids is 1. The second-order valence-corrected chi connectivity index (χ2v) is 8.94. The molecule has 4 rings (SSSR count). The number of hydrogen-bond acceptors (Lipinski definition) is 7. The summed E-state index contributed by atoms with van der Waals surface area (Å²) < 4.78 is 0. The van der Waals surface area contributed by atoms with Gasteiger partial charge in [-0.1, -0.05) is 19.9 Å². The number of thiazole rings is 1. The topological polar surface area (TPSA) is 83.9 Å². The van der Waals surface area contributed by atoms with Gasteiger partial charge in [0.1, 0.15) is 22.2 Å². The van der Waals surface area contributed by atoms with E-state index in [1.165, 1.54) is 17.8 Å². The molecule has 1 fully saturated rings. The second kappa shape index (κ2) is 8.34. The van der Waals surface area contributed by atoms with Crippen LogP contribution in [-0.4, -0.2) is 50.4 Å². The van der Waals surface area contributed by atoms with Gasteiger partial charge in [0.15, 0.2) is 5.82 Å². The van der Waals surface area contributed by atoms with Crippen LogP contribution in [0.25, 0.3) is 22.2 Å². The second-order valence-electron chi connectivity index (χ2n) is 8.04. The number of aromatic nitrogens is 4. The van der Waals surface area contributed by atoms with Crippen molar-refractivity contribution in [2.45, 2.75) is 26.7 Å². The van der Waals surface area contributed by atoms with Gasteiger partial charge in [-0.2, -0.15) is 0 Å². The first-order valence-electron chi connectivity index (χ1n) is 9.71. The molecule has 0 aliphatic carbocycles. The van der Waals surface area contributed by atoms with E-state index in [9.17, 15) is 4.79 Å². The summed E-state index contributed by atoms with van der Waals surface area (Å²) in [6, 6.07) is 7.35. The molecule has 0 radical (unpaired) electrons. The summed E-state index contributed by atoms with van der Waals surface area (Å²) in [5.41, 5.74) is 1.57. The number of piperidine rings is 1. The van der Waals surface area contributed by atoms with Gasteiger partial charge in [0.05, 0.1) is 6.54 Å². The molecular formula is C21H24N6OS. The predicted molar refractivity (Wildman–Crippen MR) is 114 cm³/mol. The molecule has 1 amide bonds. The zero-order chi connectivity index (χ0) is 20.3. The van der Waals surface area contributed by atoms with Gasteiger partial charge in [-0.15, -0.1) is 11.3 Å². The van der Waals surface area contributed by atoms with Crippen molar-refractivity contribution in [2.75, 3.05) is 25.0 Å². The third-order valence-corrected chi connectivity index (χ3v) is 5.68. The highest BCUT2D eigenvalue weighted by Gasteiger charge is 2.27. The van der Waals surface area contributed by atoms with Crippen LogP contribution in [0.2, 0.25) is 0 Å². The molecule has 8 heteroatoms. The third-order valence-electron chi connectivity index (χ3n) is 4.89. The van der Waals surface area contributed by atoms with Gasteiger partial charge in [0, 0.05) is 30.4 Å². The summed E-state index contributed by atoms with van der Waals surface area (Å²) in [7, 11) is 0. The fraction of sp³-hybridized carbons (Fsp3) is 0.381.